The Labute approximate surface area is 119 Å². The van der Waals surface area contributed by atoms with Gasteiger partial charge in [0.05, 0.1) is 11.5 Å². The van der Waals surface area contributed by atoms with E-state index in [1.165, 1.54) is 17.1 Å². The van der Waals surface area contributed by atoms with Crippen LogP contribution in [-0.2, 0) is 6.54 Å². The molecule has 110 valence electrons. The van der Waals surface area contributed by atoms with E-state index in [1.54, 1.807) is 24.3 Å². The second kappa shape index (κ2) is 6.48. The molecular formula is C12H13N5O4. The quantitative estimate of drug-likeness (QED) is 0.345. The van der Waals surface area contributed by atoms with Crippen LogP contribution in [0.2, 0.25) is 0 Å². The number of rotatable bonds is 6. The fraction of sp³-hybridized carbons (Fsp3) is 0.167. The second-order valence-corrected chi connectivity index (χ2v) is 4.07. The maximum absolute atomic E-state index is 11.2. The molecule has 0 saturated heterocycles. The van der Waals surface area contributed by atoms with Gasteiger partial charge < -0.3 is 4.74 Å². The van der Waals surface area contributed by atoms with Gasteiger partial charge in [0.2, 0.25) is 0 Å². The smallest absolute Gasteiger partial charge is 0.306 e. The van der Waals surface area contributed by atoms with Gasteiger partial charge in [-0.05, 0) is 24.3 Å². The maximum atomic E-state index is 11.2. The van der Waals surface area contributed by atoms with E-state index in [0.29, 0.717) is 24.5 Å². The number of hydrogen-bond acceptors (Lipinski definition) is 6. The van der Waals surface area contributed by atoms with E-state index in [1.807, 2.05) is 5.43 Å². The molecule has 21 heavy (non-hydrogen) atoms. The van der Waals surface area contributed by atoms with Gasteiger partial charge in [-0.15, -0.1) is 0 Å². The van der Waals surface area contributed by atoms with Crippen LogP contribution in [-0.4, -0.2) is 27.2 Å². The molecular weight excluding hydrogens is 278 g/mol. The number of hydrazine groups is 1. The van der Waals surface area contributed by atoms with E-state index in [-0.39, 0.29) is 11.6 Å². The molecule has 9 nitrogen and oxygen atoms in total. The summed E-state index contributed by atoms with van der Waals surface area (Å²) in [5, 5.41) is 14.3. The molecule has 1 aromatic heterocycles. The van der Waals surface area contributed by atoms with E-state index >= 15 is 0 Å². The number of benzene rings is 1. The van der Waals surface area contributed by atoms with Crippen LogP contribution in [0.15, 0.2) is 36.7 Å². The van der Waals surface area contributed by atoms with Gasteiger partial charge in [0.15, 0.2) is 0 Å². The van der Waals surface area contributed by atoms with Gasteiger partial charge in [-0.3, -0.25) is 25.0 Å². The maximum Gasteiger partial charge on any atom is 0.306 e. The number of aromatic nitrogens is 2. The van der Waals surface area contributed by atoms with E-state index in [4.69, 9.17) is 10.6 Å². The number of carbonyl (C=O) groups is 1. The first-order chi connectivity index (χ1) is 10.1. The Bertz CT molecular complexity index is 637. The Morgan fingerprint density at radius 2 is 2.14 bits per heavy atom. The largest absolute Gasteiger partial charge is 0.492 e. The van der Waals surface area contributed by atoms with Gasteiger partial charge in [-0.1, -0.05) is 0 Å². The van der Waals surface area contributed by atoms with Crippen molar-refractivity contribution >= 4 is 11.6 Å². The number of hydrogen-bond donors (Lipinski definition) is 2. The fourth-order valence-corrected chi connectivity index (χ4v) is 1.61. The molecule has 9 heteroatoms. The Morgan fingerprint density at radius 1 is 1.43 bits per heavy atom. The topological polar surface area (TPSA) is 125 Å². The fourth-order valence-electron chi connectivity index (χ4n) is 1.61. The molecule has 0 radical (unpaired) electrons. The number of amides is 1. The van der Waals surface area contributed by atoms with Crippen molar-refractivity contribution in [2.24, 2.45) is 5.84 Å². The molecule has 2 rings (SSSR count). The molecule has 0 fully saturated rings. The zero-order chi connectivity index (χ0) is 15.2. The molecule has 0 unspecified atom stereocenters. The summed E-state index contributed by atoms with van der Waals surface area (Å²) in [7, 11) is 0. The van der Waals surface area contributed by atoms with Crippen LogP contribution in [0.4, 0.5) is 5.69 Å². The molecule has 0 saturated carbocycles. The summed E-state index contributed by atoms with van der Waals surface area (Å²) in [4.78, 5) is 21.2. The number of nitrogens with one attached hydrogen (secondary N) is 1. The van der Waals surface area contributed by atoms with Crippen molar-refractivity contribution < 1.29 is 14.5 Å². The summed E-state index contributed by atoms with van der Waals surface area (Å²) in [6.45, 7) is 0.667. The molecule has 1 aromatic carbocycles. The normalized spacial score (nSPS) is 10.1. The first kappa shape index (κ1) is 14.5. The molecule has 2 aromatic rings. The third-order valence-electron chi connectivity index (χ3n) is 2.67. The standard InChI is InChI=1S/C12H13N5O4/c13-15-12(18)9-1-3-11(4-2-9)21-6-5-16-8-10(7-14-16)17(19)20/h1-4,7-8H,5-6,13H2,(H,15,18). The predicted octanol–water partition coefficient (Wildman–Crippen LogP) is 0.474. The third kappa shape index (κ3) is 3.76. The lowest BCUT2D eigenvalue weighted by atomic mass is 10.2. The van der Waals surface area contributed by atoms with Gasteiger partial charge in [0, 0.05) is 5.56 Å². The highest BCUT2D eigenvalue weighted by atomic mass is 16.6. The monoisotopic (exact) mass is 291 g/mol. The van der Waals surface area contributed by atoms with E-state index in [9.17, 15) is 14.9 Å². The Balaban J connectivity index is 1.85. The molecule has 0 spiro atoms. The van der Waals surface area contributed by atoms with Crippen molar-refractivity contribution in [3.63, 3.8) is 0 Å². The molecule has 3 N–H and O–H groups in total. The van der Waals surface area contributed by atoms with E-state index < -0.39 is 4.92 Å². The number of carbonyl (C=O) groups excluding carboxylic acids is 1. The van der Waals surface area contributed by atoms with Crippen LogP contribution in [0, 0.1) is 10.1 Å². The summed E-state index contributed by atoms with van der Waals surface area (Å²) < 4.78 is 6.88. The minimum atomic E-state index is -0.508. The van der Waals surface area contributed by atoms with E-state index in [0.717, 1.165) is 0 Å². The number of nitrogens with zero attached hydrogens (tertiary/aromatic N) is 3. The van der Waals surface area contributed by atoms with Crippen LogP contribution < -0.4 is 16.0 Å². The molecule has 1 amide bonds. The van der Waals surface area contributed by atoms with Gasteiger partial charge in [-0.25, -0.2) is 5.84 Å². The van der Waals surface area contributed by atoms with Crippen molar-refractivity contribution in [1.82, 2.24) is 15.2 Å². The molecule has 0 aliphatic rings. The summed E-state index contributed by atoms with van der Waals surface area (Å²) in [5.41, 5.74) is 2.39. The molecule has 0 bridgehead atoms. The molecule has 1 heterocycles. The van der Waals surface area contributed by atoms with Crippen LogP contribution >= 0.6 is 0 Å². The van der Waals surface area contributed by atoms with Crippen molar-refractivity contribution in [2.45, 2.75) is 6.54 Å². The molecule has 0 aliphatic heterocycles. The Morgan fingerprint density at radius 3 is 2.71 bits per heavy atom. The average molecular weight is 291 g/mol. The zero-order valence-corrected chi connectivity index (χ0v) is 10.9. The van der Waals surface area contributed by atoms with E-state index in [2.05, 4.69) is 5.10 Å². The average Bonchev–Trinajstić information content (AvgIpc) is 2.96. The Hall–Kier alpha value is -2.94. The van der Waals surface area contributed by atoms with Gasteiger partial charge in [-0.2, -0.15) is 5.10 Å². The number of nitrogen functional groups attached to an aromatic ring is 1. The van der Waals surface area contributed by atoms with Crippen molar-refractivity contribution in [3.05, 3.63) is 52.3 Å². The first-order valence-electron chi connectivity index (χ1n) is 6.01. The zero-order valence-electron chi connectivity index (χ0n) is 10.9. The minimum Gasteiger partial charge on any atom is -0.492 e. The highest BCUT2D eigenvalue weighted by molar-refractivity contribution is 5.93. The molecule has 0 atom stereocenters. The van der Waals surface area contributed by atoms with Crippen LogP contribution in [0.1, 0.15) is 10.4 Å². The highest BCUT2D eigenvalue weighted by Crippen LogP contribution is 2.12. The van der Waals surface area contributed by atoms with Gasteiger partial charge >= 0.3 is 5.69 Å². The van der Waals surface area contributed by atoms with Crippen molar-refractivity contribution in [3.8, 4) is 5.75 Å². The third-order valence-corrected chi connectivity index (χ3v) is 2.67. The lowest BCUT2D eigenvalue weighted by molar-refractivity contribution is -0.385. The predicted molar refractivity (Wildman–Crippen MR) is 72.5 cm³/mol. The number of nitro groups is 1. The first-order valence-corrected chi connectivity index (χ1v) is 6.01. The molecule has 0 aliphatic carbocycles. The second-order valence-electron chi connectivity index (χ2n) is 4.07. The van der Waals surface area contributed by atoms with Crippen LogP contribution in [0.3, 0.4) is 0 Å². The van der Waals surface area contributed by atoms with Crippen molar-refractivity contribution in [1.29, 1.82) is 0 Å². The highest BCUT2D eigenvalue weighted by Gasteiger charge is 2.08. The number of ether oxygens (including phenoxy) is 1. The summed E-state index contributed by atoms with van der Waals surface area (Å²) in [6.07, 6.45) is 2.51. The lowest BCUT2D eigenvalue weighted by Crippen LogP contribution is -2.29. The summed E-state index contributed by atoms with van der Waals surface area (Å²) >= 11 is 0. The van der Waals surface area contributed by atoms with Crippen LogP contribution in [0.5, 0.6) is 5.75 Å². The lowest BCUT2D eigenvalue weighted by Gasteiger charge is -2.06. The SMILES string of the molecule is NNC(=O)c1ccc(OCCn2cc([N+](=O)[O-])cn2)cc1. The minimum absolute atomic E-state index is 0.0628. The van der Waals surface area contributed by atoms with Gasteiger partial charge in [0.1, 0.15) is 24.8 Å². The summed E-state index contributed by atoms with van der Waals surface area (Å²) in [5.74, 6) is 5.21. The summed E-state index contributed by atoms with van der Waals surface area (Å²) in [6, 6.07) is 6.43. The van der Waals surface area contributed by atoms with Gasteiger partial charge in [0.25, 0.3) is 5.91 Å². The number of nitrogens with two attached hydrogens (primary N) is 1. The van der Waals surface area contributed by atoms with Crippen LogP contribution in [0.25, 0.3) is 0 Å². The Kier molecular flexibility index (Phi) is 4.46. The van der Waals surface area contributed by atoms with Crippen molar-refractivity contribution in [2.75, 3.05) is 6.61 Å².